The number of nitrogens with one attached hydrogen (secondary N) is 3. The van der Waals surface area contributed by atoms with Gasteiger partial charge in [0.05, 0.1) is 29.3 Å². The molecule has 0 spiro atoms. The van der Waals surface area contributed by atoms with Crippen LogP contribution in [0.15, 0.2) is 71.6 Å². The van der Waals surface area contributed by atoms with Crippen LogP contribution >= 0.6 is 11.3 Å². The van der Waals surface area contributed by atoms with E-state index in [1.54, 1.807) is 24.4 Å². The number of amides is 4. The van der Waals surface area contributed by atoms with Gasteiger partial charge in [0, 0.05) is 43.8 Å². The predicted molar refractivity (Wildman–Crippen MR) is 205 cm³/mol. The SMILES string of the molecule is CC(C)NC(=O)C(C)CC(O)C(CC1CCCCC1)NC(=O)[C@H](Cc1cscn1)NC(=O)C(CC(=O)N(C)Cc1ccccc1)Cc1ccccc1. The zero-order chi connectivity index (χ0) is 37.5. The molecule has 4 amide bonds. The molecule has 1 saturated carbocycles. The van der Waals surface area contributed by atoms with Crippen LogP contribution in [-0.2, 0) is 38.6 Å². The Morgan fingerprint density at radius 3 is 2.12 bits per heavy atom. The van der Waals surface area contributed by atoms with E-state index in [0.29, 0.717) is 31.0 Å². The molecule has 282 valence electrons. The molecule has 4 unspecified atom stereocenters. The van der Waals surface area contributed by atoms with E-state index in [4.69, 9.17) is 0 Å². The maximum Gasteiger partial charge on any atom is 0.243 e. The number of hydrogen-bond acceptors (Lipinski definition) is 7. The first kappa shape index (κ1) is 40.7. The van der Waals surface area contributed by atoms with Gasteiger partial charge in [-0.15, -0.1) is 11.3 Å². The van der Waals surface area contributed by atoms with E-state index in [0.717, 1.165) is 36.8 Å². The zero-order valence-electron chi connectivity index (χ0n) is 31.1. The lowest BCUT2D eigenvalue weighted by Crippen LogP contribution is -2.55. The van der Waals surface area contributed by atoms with Gasteiger partial charge >= 0.3 is 0 Å². The fourth-order valence-corrected chi connectivity index (χ4v) is 7.52. The Bertz CT molecular complexity index is 1530. The second-order valence-corrected chi connectivity index (χ2v) is 15.5. The van der Waals surface area contributed by atoms with Gasteiger partial charge in [-0.2, -0.15) is 0 Å². The van der Waals surface area contributed by atoms with Crippen LogP contribution in [0.25, 0.3) is 0 Å². The fraction of sp³-hybridized carbons (Fsp3) is 0.537. The molecule has 2 aromatic carbocycles. The third-order valence-corrected chi connectivity index (χ3v) is 10.5. The molecule has 1 fully saturated rings. The number of aliphatic hydroxyl groups excluding tert-OH is 1. The summed E-state index contributed by atoms with van der Waals surface area (Å²) in [4.78, 5) is 60.7. The lowest BCUT2D eigenvalue weighted by Gasteiger charge is -2.32. The number of carbonyl (C=O) groups is 4. The van der Waals surface area contributed by atoms with Crippen molar-refractivity contribution in [3.8, 4) is 0 Å². The smallest absolute Gasteiger partial charge is 0.243 e. The van der Waals surface area contributed by atoms with Gasteiger partial charge in [0.25, 0.3) is 0 Å². The molecule has 4 N–H and O–H groups in total. The first-order valence-electron chi connectivity index (χ1n) is 18.8. The van der Waals surface area contributed by atoms with Crippen LogP contribution in [0.5, 0.6) is 0 Å². The highest BCUT2D eigenvalue weighted by molar-refractivity contribution is 7.07. The average molecular weight is 732 g/mol. The zero-order valence-corrected chi connectivity index (χ0v) is 31.9. The number of hydrogen-bond donors (Lipinski definition) is 4. The maximum absolute atomic E-state index is 14.2. The van der Waals surface area contributed by atoms with Gasteiger partial charge in [0.1, 0.15) is 6.04 Å². The molecule has 1 aliphatic carbocycles. The summed E-state index contributed by atoms with van der Waals surface area (Å²) in [6.07, 6.45) is 5.70. The molecule has 1 aromatic heterocycles. The monoisotopic (exact) mass is 731 g/mol. The second kappa shape index (κ2) is 20.8. The Balaban J connectivity index is 1.53. The lowest BCUT2D eigenvalue weighted by molar-refractivity contribution is -0.137. The fourth-order valence-electron chi connectivity index (χ4n) is 6.95. The lowest BCUT2D eigenvalue weighted by atomic mass is 9.82. The van der Waals surface area contributed by atoms with Crippen LogP contribution in [0.1, 0.15) is 89.0 Å². The van der Waals surface area contributed by atoms with Gasteiger partial charge in [-0.3, -0.25) is 19.2 Å². The van der Waals surface area contributed by atoms with E-state index in [2.05, 4.69) is 20.9 Å². The van der Waals surface area contributed by atoms with Crippen molar-refractivity contribution in [2.24, 2.45) is 17.8 Å². The number of carbonyl (C=O) groups excluding carboxylic acids is 4. The summed E-state index contributed by atoms with van der Waals surface area (Å²) in [6.45, 7) is 5.99. The van der Waals surface area contributed by atoms with E-state index in [9.17, 15) is 24.3 Å². The summed E-state index contributed by atoms with van der Waals surface area (Å²) in [5.41, 5.74) is 4.24. The summed E-state index contributed by atoms with van der Waals surface area (Å²) in [7, 11) is 1.73. The summed E-state index contributed by atoms with van der Waals surface area (Å²) >= 11 is 1.40. The molecular formula is C41H57N5O5S. The first-order chi connectivity index (χ1) is 25.0. The quantitative estimate of drug-likeness (QED) is 0.129. The minimum atomic E-state index is -0.993. The molecule has 1 aliphatic rings. The minimum Gasteiger partial charge on any atom is -0.391 e. The van der Waals surface area contributed by atoms with Gasteiger partial charge < -0.3 is 26.0 Å². The van der Waals surface area contributed by atoms with Crippen molar-refractivity contribution in [3.63, 3.8) is 0 Å². The summed E-state index contributed by atoms with van der Waals surface area (Å²) in [5, 5.41) is 22.4. The Morgan fingerprint density at radius 2 is 1.50 bits per heavy atom. The molecule has 52 heavy (non-hydrogen) atoms. The first-order valence-corrected chi connectivity index (χ1v) is 19.7. The highest BCUT2D eigenvalue weighted by Crippen LogP contribution is 2.29. The Labute approximate surface area is 313 Å². The van der Waals surface area contributed by atoms with E-state index in [1.165, 1.54) is 17.8 Å². The molecule has 0 saturated heterocycles. The standard InChI is InChI=1S/C41H57N5O5S/c1-28(2)43-39(49)29(3)20-37(47)35(22-31-16-10-6-11-17-31)44-41(51)36(24-34-26-52-27-42-34)45-40(50)33(21-30-14-8-5-9-15-30)23-38(48)46(4)25-32-18-12-7-13-19-32/h5,7-9,12-15,18-19,26-29,31,33,35-37,47H,6,10-11,16-17,20-25H2,1-4H3,(H,43,49)(H,44,51)(H,45,50)/t29?,33?,35?,36-,37?/m0/s1. The van der Waals surface area contributed by atoms with Crippen LogP contribution in [0, 0.1) is 17.8 Å². The Hall–Kier alpha value is -4.09. The molecule has 3 aromatic rings. The molecule has 1 heterocycles. The molecule has 10 nitrogen and oxygen atoms in total. The molecule has 0 bridgehead atoms. The number of nitrogens with zero attached hydrogens (tertiary/aromatic N) is 2. The molecule has 5 atom stereocenters. The van der Waals surface area contributed by atoms with Crippen molar-refractivity contribution in [2.75, 3.05) is 7.05 Å². The van der Waals surface area contributed by atoms with Crippen molar-refractivity contribution in [1.82, 2.24) is 25.8 Å². The highest BCUT2D eigenvalue weighted by atomic mass is 32.1. The van der Waals surface area contributed by atoms with Crippen LogP contribution in [-0.4, -0.2) is 69.9 Å². The Morgan fingerprint density at radius 1 is 0.846 bits per heavy atom. The van der Waals surface area contributed by atoms with Crippen LogP contribution < -0.4 is 16.0 Å². The number of aromatic nitrogens is 1. The van der Waals surface area contributed by atoms with Gasteiger partial charge in [-0.05, 0) is 50.2 Å². The largest absolute Gasteiger partial charge is 0.391 e. The number of aliphatic hydroxyl groups is 1. The maximum atomic E-state index is 14.2. The van der Waals surface area contributed by atoms with Gasteiger partial charge in [0.2, 0.25) is 23.6 Å². The highest BCUT2D eigenvalue weighted by Gasteiger charge is 2.33. The van der Waals surface area contributed by atoms with E-state index < -0.39 is 41.8 Å². The predicted octanol–water partition coefficient (Wildman–Crippen LogP) is 5.44. The van der Waals surface area contributed by atoms with Gasteiger partial charge in [-0.1, -0.05) is 99.7 Å². The normalized spacial score (nSPS) is 16.3. The minimum absolute atomic E-state index is 0.0230. The molecule has 0 aliphatic heterocycles. The van der Waals surface area contributed by atoms with Crippen molar-refractivity contribution >= 4 is 35.0 Å². The molecule has 4 rings (SSSR count). The molecule has 0 radical (unpaired) electrons. The molecule has 11 heteroatoms. The second-order valence-electron chi connectivity index (χ2n) is 14.8. The topological polar surface area (TPSA) is 141 Å². The van der Waals surface area contributed by atoms with Crippen LogP contribution in [0.2, 0.25) is 0 Å². The van der Waals surface area contributed by atoms with Crippen molar-refractivity contribution in [2.45, 2.75) is 116 Å². The van der Waals surface area contributed by atoms with Crippen molar-refractivity contribution < 1.29 is 24.3 Å². The Kier molecular flexibility index (Phi) is 16.3. The number of thiazole rings is 1. The number of rotatable bonds is 19. The van der Waals surface area contributed by atoms with E-state index in [1.807, 2.05) is 79.9 Å². The van der Waals surface area contributed by atoms with Crippen molar-refractivity contribution in [3.05, 3.63) is 88.4 Å². The summed E-state index contributed by atoms with van der Waals surface area (Å²) in [6, 6.07) is 17.6. The van der Waals surface area contributed by atoms with Crippen molar-refractivity contribution in [1.29, 1.82) is 0 Å². The van der Waals surface area contributed by atoms with Gasteiger partial charge in [-0.25, -0.2) is 4.98 Å². The molecular weight excluding hydrogens is 675 g/mol. The van der Waals surface area contributed by atoms with Crippen LogP contribution in [0.4, 0.5) is 0 Å². The summed E-state index contributed by atoms with van der Waals surface area (Å²) < 4.78 is 0. The van der Waals surface area contributed by atoms with E-state index in [-0.39, 0.29) is 37.1 Å². The van der Waals surface area contributed by atoms with Gasteiger partial charge in [0.15, 0.2) is 0 Å². The third kappa shape index (κ3) is 13.5. The summed E-state index contributed by atoms with van der Waals surface area (Å²) in [5.74, 6) is -1.98. The van der Waals surface area contributed by atoms with Crippen LogP contribution in [0.3, 0.4) is 0 Å². The third-order valence-electron chi connectivity index (χ3n) is 9.91. The number of benzene rings is 2. The van der Waals surface area contributed by atoms with E-state index >= 15 is 0 Å². The average Bonchev–Trinajstić information content (AvgIpc) is 3.65.